The number of H-pyrrole nitrogens is 1. The summed E-state index contributed by atoms with van der Waals surface area (Å²) < 4.78 is 0. The lowest BCUT2D eigenvalue weighted by Crippen LogP contribution is -2.52. The van der Waals surface area contributed by atoms with Crippen LogP contribution in [0.1, 0.15) is 10.5 Å². The molecule has 8 heteroatoms. The normalized spacial score (nSPS) is 15.8. The second kappa shape index (κ2) is 5.91. The van der Waals surface area contributed by atoms with Gasteiger partial charge in [-0.2, -0.15) is 5.10 Å². The highest BCUT2D eigenvalue weighted by Gasteiger charge is 2.26. The molecular formula is C12H20N6O2. The summed E-state index contributed by atoms with van der Waals surface area (Å²) in [6, 6.07) is 0. The average Bonchev–Trinajstić information content (AvgIpc) is 2.83. The number of hydrogen-bond donors (Lipinski definition) is 2. The quantitative estimate of drug-likeness (QED) is 0.727. The van der Waals surface area contributed by atoms with Gasteiger partial charge < -0.3 is 20.4 Å². The Morgan fingerprint density at radius 3 is 2.40 bits per heavy atom. The summed E-state index contributed by atoms with van der Waals surface area (Å²) >= 11 is 0. The van der Waals surface area contributed by atoms with Gasteiger partial charge in [0, 0.05) is 26.2 Å². The van der Waals surface area contributed by atoms with E-state index in [9.17, 15) is 9.59 Å². The molecule has 110 valence electrons. The van der Waals surface area contributed by atoms with Crippen LogP contribution in [0.2, 0.25) is 0 Å². The van der Waals surface area contributed by atoms with Crippen molar-refractivity contribution in [1.29, 1.82) is 0 Å². The molecule has 0 unspecified atom stereocenters. The Morgan fingerprint density at radius 1 is 1.30 bits per heavy atom. The van der Waals surface area contributed by atoms with Crippen molar-refractivity contribution in [3.63, 3.8) is 0 Å². The molecule has 1 aliphatic rings. The zero-order valence-electron chi connectivity index (χ0n) is 11.8. The molecule has 0 aliphatic carbocycles. The van der Waals surface area contributed by atoms with E-state index >= 15 is 0 Å². The summed E-state index contributed by atoms with van der Waals surface area (Å²) in [5, 5.41) is 6.36. The Morgan fingerprint density at radius 2 is 1.90 bits per heavy atom. The minimum atomic E-state index is -0.167. The van der Waals surface area contributed by atoms with Crippen LogP contribution in [-0.2, 0) is 4.79 Å². The van der Waals surface area contributed by atoms with Crippen LogP contribution in [0, 0.1) is 0 Å². The van der Waals surface area contributed by atoms with Crippen molar-refractivity contribution < 1.29 is 9.59 Å². The van der Waals surface area contributed by atoms with Crippen LogP contribution < -0.4 is 5.73 Å². The molecule has 0 radical (unpaired) electrons. The molecule has 1 aliphatic heterocycles. The van der Waals surface area contributed by atoms with E-state index in [1.165, 1.54) is 6.20 Å². The third kappa shape index (κ3) is 3.08. The first-order valence-electron chi connectivity index (χ1n) is 6.49. The van der Waals surface area contributed by atoms with Gasteiger partial charge in [0.25, 0.3) is 5.91 Å². The second-order valence-electron chi connectivity index (χ2n) is 5.11. The van der Waals surface area contributed by atoms with Crippen LogP contribution in [0.4, 0.5) is 5.69 Å². The molecule has 20 heavy (non-hydrogen) atoms. The summed E-state index contributed by atoms with van der Waals surface area (Å²) in [6.07, 6.45) is 1.42. The lowest BCUT2D eigenvalue weighted by Gasteiger charge is -2.35. The zero-order chi connectivity index (χ0) is 14.7. The number of piperazine rings is 1. The molecule has 3 N–H and O–H groups in total. The Balaban J connectivity index is 1.90. The van der Waals surface area contributed by atoms with Crippen LogP contribution in [0.5, 0.6) is 0 Å². The number of aromatic nitrogens is 2. The maximum Gasteiger partial charge on any atom is 0.274 e. The van der Waals surface area contributed by atoms with Crippen LogP contribution in [0.25, 0.3) is 0 Å². The van der Waals surface area contributed by atoms with Crippen LogP contribution in [0.15, 0.2) is 6.20 Å². The molecule has 0 atom stereocenters. The third-order valence-corrected chi connectivity index (χ3v) is 3.25. The number of carbonyl (C=O) groups excluding carboxylic acids is 2. The highest BCUT2D eigenvalue weighted by molar-refractivity contribution is 5.97. The number of carbonyl (C=O) groups is 2. The fourth-order valence-electron chi connectivity index (χ4n) is 2.15. The smallest absolute Gasteiger partial charge is 0.274 e. The molecule has 8 nitrogen and oxygen atoms in total. The summed E-state index contributed by atoms with van der Waals surface area (Å²) in [7, 11) is 3.72. The topological polar surface area (TPSA) is 98.6 Å². The van der Waals surface area contributed by atoms with Gasteiger partial charge in [-0.15, -0.1) is 0 Å². The van der Waals surface area contributed by atoms with Gasteiger partial charge in [-0.05, 0) is 14.1 Å². The Bertz CT molecular complexity index is 490. The lowest BCUT2D eigenvalue weighted by atomic mass is 10.2. The van der Waals surface area contributed by atoms with Gasteiger partial charge in [0.1, 0.15) is 5.69 Å². The maximum absolute atomic E-state index is 12.2. The van der Waals surface area contributed by atoms with Crippen molar-refractivity contribution in [3.05, 3.63) is 11.9 Å². The SMILES string of the molecule is CN(C)CC(=O)N1CCN(C(=O)c2[nH]ncc2N)CC1. The number of anilines is 1. The number of nitrogens with two attached hydrogens (primary N) is 1. The molecule has 1 aromatic heterocycles. The largest absolute Gasteiger partial charge is 0.396 e. The number of aromatic amines is 1. The fraction of sp³-hybridized carbons (Fsp3) is 0.583. The molecule has 1 aromatic rings. The minimum absolute atomic E-state index is 0.0863. The molecule has 0 saturated carbocycles. The van der Waals surface area contributed by atoms with Gasteiger partial charge in [0.15, 0.2) is 0 Å². The number of rotatable bonds is 3. The van der Waals surface area contributed by atoms with Crippen LogP contribution in [0.3, 0.4) is 0 Å². The fourth-order valence-corrected chi connectivity index (χ4v) is 2.15. The Kier molecular flexibility index (Phi) is 4.23. The average molecular weight is 280 g/mol. The third-order valence-electron chi connectivity index (χ3n) is 3.25. The molecule has 0 aromatic carbocycles. The van der Waals surface area contributed by atoms with Gasteiger partial charge in [0.2, 0.25) is 5.91 Å². The van der Waals surface area contributed by atoms with E-state index in [0.717, 1.165) is 0 Å². The Labute approximate surface area is 117 Å². The number of nitrogen functional groups attached to an aromatic ring is 1. The lowest BCUT2D eigenvalue weighted by molar-refractivity contribution is -0.133. The van der Waals surface area contributed by atoms with Gasteiger partial charge in [-0.3, -0.25) is 14.7 Å². The van der Waals surface area contributed by atoms with Crippen molar-refractivity contribution in [2.45, 2.75) is 0 Å². The van der Waals surface area contributed by atoms with Crippen molar-refractivity contribution in [2.24, 2.45) is 0 Å². The van der Waals surface area contributed by atoms with Crippen molar-refractivity contribution in [1.82, 2.24) is 24.9 Å². The molecule has 2 amide bonds. The van der Waals surface area contributed by atoms with E-state index in [2.05, 4.69) is 10.2 Å². The monoisotopic (exact) mass is 280 g/mol. The predicted molar refractivity (Wildman–Crippen MR) is 74.0 cm³/mol. The van der Waals surface area contributed by atoms with Crippen molar-refractivity contribution >= 4 is 17.5 Å². The molecule has 1 fully saturated rings. The maximum atomic E-state index is 12.2. The number of nitrogens with one attached hydrogen (secondary N) is 1. The molecule has 2 rings (SSSR count). The predicted octanol–water partition coefficient (Wildman–Crippen LogP) is -1.16. The Hall–Kier alpha value is -2.09. The minimum Gasteiger partial charge on any atom is -0.396 e. The molecule has 1 saturated heterocycles. The number of likely N-dealkylation sites (N-methyl/N-ethyl adjacent to an activating group) is 1. The second-order valence-corrected chi connectivity index (χ2v) is 5.11. The van der Waals surface area contributed by atoms with Gasteiger partial charge in [-0.1, -0.05) is 0 Å². The standard InChI is InChI=1S/C12H20N6O2/c1-16(2)8-10(19)17-3-5-18(6-4-17)12(20)11-9(13)7-14-15-11/h7H,3-6,8,13H2,1-2H3,(H,14,15). The van der Waals surface area contributed by atoms with E-state index < -0.39 is 0 Å². The summed E-state index contributed by atoms with van der Waals surface area (Å²) in [5.74, 6) is -0.0807. The van der Waals surface area contributed by atoms with Gasteiger partial charge in [0.05, 0.1) is 18.4 Å². The van der Waals surface area contributed by atoms with Crippen LogP contribution in [-0.4, -0.2) is 83.5 Å². The summed E-state index contributed by atoms with van der Waals surface area (Å²) in [6.45, 7) is 2.51. The highest BCUT2D eigenvalue weighted by Crippen LogP contribution is 2.12. The van der Waals surface area contributed by atoms with E-state index in [1.54, 1.807) is 9.80 Å². The van der Waals surface area contributed by atoms with E-state index in [-0.39, 0.29) is 11.8 Å². The first-order valence-corrected chi connectivity index (χ1v) is 6.49. The first-order chi connectivity index (χ1) is 9.49. The molecule has 0 spiro atoms. The number of amides is 2. The number of hydrogen-bond acceptors (Lipinski definition) is 5. The summed E-state index contributed by atoms with van der Waals surface area (Å²) in [4.78, 5) is 29.4. The van der Waals surface area contributed by atoms with Crippen molar-refractivity contribution in [2.75, 3.05) is 52.6 Å². The first kappa shape index (κ1) is 14.3. The highest BCUT2D eigenvalue weighted by atomic mass is 16.2. The summed E-state index contributed by atoms with van der Waals surface area (Å²) in [5.41, 5.74) is 6.33. The number of nitrogens with zero attached hydrogens (tertiary/aromatic N) is 4. The molecule has 2 heterocycles. The van der Waals surface area contributed by atoms with Crippen molar-refractivity contribution in [3.8, 4) is 0 Å². The van der Waals surface area contributed by atoms with E-state index in [0.29, 0.717) is 44.1 Å². The molecular weight excluding hydrogens is 260 g/mol. The van der Waals surface area contributed by atoms with E-state index in [1.807, 2.05) is 19.0 Å². The zero-order valence-corrected chi connectivity index (χ0v) is 11.8. The van der Waals surface area contributed by atoms with Gasteiger partial charge in [-0.25, -0.2) is 0 Å². The van der Waals surface area contributed by atoms with Gasteiger partial charge >= 0.3 is 0 Å². The van der Waals surface area contributed by atoms with E-state index in [4.69, 9.17) is 5.73 Å². The molecule has 0 bridgehead atoms. The van der Waals surface area contributed by atoms with Crippen LogP contribution >= 0.6 is 0 Å².